The SMILES string of the molecule is CCN1CCN2c3ccc([N+](=O)[O-])cc3CC3(C(=O)NC(=O)NC3=O)C2C1. The molecule has 0 aromatic heterocycles. The van der Waals surface area contributed by atoms with E-state index in [0.29, 0.717) is 18.7 Å². The molecule has 0 saturated carbocycles. The molecule has 1 aromatic rings. The minimum absolute atomic E-state index is 0.00762. The van der Waals surface area contributed by atoms with Crippen molar-refractivity contribution in [2.45, 2.75) is 19.4 Å². The number of non-ortho nitro benzene ring substituents is 1. The Labute approximate surface area is 154 Å². The first-order valence-electron chi connectivity index (χ1n) is 8.80. The van der Waals surface area contributed by atoms with Crippen molar-refractivity contribution >= 4 is 29.2 Å². The predicted molar refractivity (Wildman–Crippen MR) is 94.2 cm³/mol. The average Bonchev–Trinajstić information content (AvgIpc) is 2.64. The number of nitrogens with zero attached hydrogens (tertiary/aromatic N) is 3. The zero-order chi connectivity index (χ0) is 19.3. The Hall–Kier alpha value is -3.01. The van der Waals surface area contributed by atoms with Crippen LogP contribution in [0.15, 0.2) is 18.2 Å². The molecule has 3 aliphatic heterocycles. The highest BCUT2D eigenvalue weighted by atomic mass is 16.6. The summed E-state index contributed by atoms with van der Waals surface area (Å²) in [6.07, 6.45) is 0.00762. The highest BCUT2D eigenvalue weighted by Crippen LogP contribution is 2.45. The van der Waals surface area contributed by atoms with Gasteiger partial charge in [-0.05, 0) is 18.2 Å². The molecule has 1 atom stereocenters. The molecule has 0 bridgehead atoms. The molecule has 4 rings (SSSR count). The van der Waals surface area contributed by atoms with Crippen LogP contribution in [-0.4, -0.2) is 59.9 Å². The minimum atomic E-state index is -1.51. The first-order valence-corrected chi connectivity index (χ1v) is 8.80. The number of urea groups is 1. The summed E-state index contributed by atoms with van der Waals surface area (Å²) >= 11 is 0. The van der Waals surface area contributed by atoms with Crippen LogP contribution in [0.4, 0.5) is 16.2 Å². The molecule has 2 saturated heterocycles. The fraction of sp³-hybridized carbons (Fsp3) is 0.471. The Bertz CT molecular complexity index is 849. The van der Waals surface area contributed by atoms with Crippen molar-refractivity contribution in [1.29, 1.82) is 0 Å². The van der Waals surface area contributed by atoms with Gasteiger partial charge >= 0.3 is 6.03 Å². The van der Waals surface area contributed by atoms with Gasteiger partial charge in [-0.1, -0.05) is 6.92 Å². The van der Waals surface area contributed by atoms with Gasteiger partial charge in [-0.3, -0.25) is 35.2 Å². The standard InChI is InChI=1S/C17H19N5O5/c1-2-20-5-6-21-12-4-3-11(22(26)27)7-10(12)8-17(13(21)9-20)14(23)18-16(25)19-15(17)24/h3-4,7,13H,2,5-6,8-9H2,1H3,(H2,18,19,23,24,25). The quantitative estimate of drug-likeness (QED) is 0.425. The van der Waals surface area contributed by atoms with E-state index in [2.05, 4.69) is 15.5 Å². The Kier molecular flexibility index (Phi) is 3.88. The van der Waals surface area contributed by atoms with E-state index in [1.807, 2.05) is 11.8 Å². The van der Waals surface area contributed by atoms with Crippen molar-refractivity contribution < 1.29 is 19.3 Å². The molecule has 10 heteroatoms. The van der Waals surface area contributed by atoms with Crippen molar-refractivity contribution in [3.05, 3.63) is 33.9 Å². The maximum atomic E-state index is 12.9. The summed E-state index contributed by atoms with van der Waals surface area (Å²) in [5, 5.41) is 15.6. The number of nitro benzene ring substituents is 1. The normalized spacial score (nSPS) is 24.1. The Morgan fingerprint density at radius 3 is 2.56 bits per heavy atom. The van der Waals surface area contributed by atoms with E-state index in [1.54, 1.807) is 6.07 Å². The number of barbiturate groups is 1. The van der Waals surface area contributed by atoms with Gasteiger partial charge in [0.25, 0.3) is 5.69 Å². The molecule has 10 nitrogen and oxygen atoms in total. The number of anilines is 1. The lowest BCUT2D eigenvalue weighted by molar-refractivity contribution is -0.384. The van der Waals surface area contributed by atoms with Crippen LogP contribution < -0.4 is 15.5 Å². The second-order valence-corrected chi connectivity index (χ2v) is 7.06. The summed E-state index contributed by atoms with van der Waals surface area (Å²) in [5.41, 5.74) is -0.249. The number of nitro groups is 1. The largest absolute Gasteiger partial charge is 0.364 e. The Balaban J connectivity index is 1.87. The van der Waals surface area contributed by atoms with Crippen LogP contribution in [0.5, 0.6) is 0 Å². The molecule has 2 N–H and O–H groups in total. The number of carbonyl (C=O) groups is 3. The van der Waals surface area contributed by atoms with Crippen LogP contribution >= 0.6 is 0 Å². The molecule has 3 aliphatic rings. The number of benzene rings is 1. The molecule has 142 valence electrons. The van der Waals surface area contributed by atoms with Crippen molar-refractivity contribution in [2.75, 3.05) is 31.1 Å². The number of amides is 4. The van der Waals surface area contributed by atoms with Crippen LogP contribution in [0.1, 0.15) is 12.5 Å². The Morgan fingerprint density at radius 2 is 1.93 bits per heavy atom. The third-order valence-corrected chi connectivity index (χ3v) is 5.80. The van der Waals surface area contributed by atoms with Gasteiger partial charge in [0.1, 0.15) is 0 Å². The molecule has 2 fully saturated rings. The van der Waals surface area contributed by atoms with E-state index in [1.165, 1.54) is 12.1 Å². The van der Waals surface area contributed by atoms with Crippen LogP contribution in [0.25, 0.3) is 0 Å². The zero-order valence-corrected chi connectivity index (χ0v) is 14.7. The van der Waals surface area contributed by atoms with E-state index < -0.39 is 34.2 Å². The maximum absolute atomic E-state index is 12.9. The third-order valence-electron chi connectivity index (χ3n) is 5.80. The molecular weight excluding hydrogens is 354 g/mol. The van der Waals surface area contributed by atoms with E-state index in [-0.39, 0.29) is 12.1 Å². The Morgan fingerprint density at radius 1 is 1.22 bits per heavy atom. The molecule has 27 heavy (non-hydrogen) atoms. The fourth-order valence-corrected chi connectivity index (χ4v) is 4.39. The summed E-state index contributed by atoms with van der Waals surface area (Å²) in [7, 11) is 0. The topological polar surface area (TPSA) is 125 Å². The summed E-state index contributed by atoms with van der Waals surface area (Å²) in [6.45, 7) is 4.60. The smallest absolute Gasteiger partial charge is 0.328 e. The second kappa shape index (κ2) is 6.02. The number of likely N-dealkylation sites (N-methyl/N-ethyl adjacent to an activating group) is 1. The molecule has 1 spiro atoms. The number of hydrogen-bond donors (Lipinski definition) is 2. The number of fused-ring (bicyclic) bond motifs is 4. The van der Waals surface area contributed by atoms with Gasteiger partial charge in [-0.15, -0.1) is 0 Å². The van der Waals surface area contributed by atoms with E-state index >= 15 is 0 Å². The van der Waals surface area contributed by atoms with Gasteiger partial charge in [0.15, 0.2) is 5.41 Å². The molecular formula is C17H19N5O5. The predicted octanol–water partition coefficient (Wildman–Crippen LogP) is 0.0138. The highest BCUT2D eigenvalue weighted by Gasteiger charge is 2.60. The molecule has 3 heterocycles. The average molecular weight is 373 g/mol. The van der Waals surface area contributed by atoms with Crippen LogP contribution in [0.3, 0.4) is 0 Å². The summed E-state index contributed by atoms with van der Waals surface area (Å²) in [4.78, 5) is 52.2. The van der Waals surface area contributed by atoms with Gasteiger partial charge in [0.05, 0.1) is 11.0 Å². The minimum Gasteiger partial charge on any atom is -0.364 e. The van der Waals surface area contributed by atoms with Crippen molar-refractivity contribution in [3.8, 4) is 0 Å². The van der Waals surface area contributed by atoms with E-state index in [4.69, 9.17) is 0 Å². The van der Waals surface area contributed by atoms with Gasteiger partial charge < -0.3 is 4.90 Å². The fourth-order valence-electron chi connectivity index (χ4n) is 4.39. The second-order valence-electron chi connectivity index (χ2n) is 7.06. The maximum Gasteiger partial charge on any atom is 0.328 e. The van der Waals surface area contributed by atoms with Crippen LogP contribution in [0, 0.1) is 15.5 Å². The van der Waals surface area contributed by atoms with E-state index in [9.17, 15) is 24.5 Å². The third kappa shape index (κ3) is 2.47. The molecule has 4 amide bonds. The molecule has 0 aliphatic carbocycles. The molecule has 0 radical (unpaired) electrons. The number of hydrogen-bond acceptors (Lipinski definition) is 7. The van der Waals surface area contributed by atoms with Crippen molar-refractivity contribution in [3.63, 3.8) is 0 Å². The summed E-state index contributed by atoms with van der Waals surface area (Å²) < 4.78 is 0. The number of nitrogens with one attached hydrogen (secondary N) is 2. The number of carbonyl (C=O) groups excluding carboxylic acids is 3. The van der Waals surface area contributed by atoms with Gasteiger partial charge in [-0.2, -0.15) is 0 Å². The first kappa shape index (κ1) is 17.4. The van der Waals surface area contributed by atoms with Gasteiger partial charge in [0, 0.05) is 43.9 Å². The van der Waals surface area contributed by atoms with Crippen LogP contribution in [0.2, 0.25) is 0 Å². The molecule has 1 unspecified atom stereocenters. The zero-order valence-electron chi connectivity index (χ0n) is 14.7. The number of piperazine rings is 1. The summed E-state index contributed by atoms with van der Waals surface area (Å²) in [6, 6.07) is 3.23. The summed E-state index contributed by atoms with van der Waals surface area (Å²) in [5.74, 6) is -1.30. The lowest BCUT2D eigenvalue weighted by Crippen LogP contribution is -2.74. The number of imide groups is 2. The lowest BCUT2D eigenvalue weighted by Gasteiger charge is -2.54. The first-order chi connectivity index (χ1) is 12.9. The lowest BCUT2D eigenvalue weighted by atomic mass is 9.68. The highest BCUT2D eigenvalue weighted by molar-refractivity contribution is 6.20. The number of rotatable bonds is 2. The van der Waals surface area contributed by atoms with Crippen molar-refractivity contribution in [1.82, 2.24) is 15.5 Å². The van der Waals surface area contributed by atoms with Gasteiger partial charge in [0.2, 0.25) is 11.8 Å². The molecule has 1 aromatic carbocycles. The van der Waals surface area contributed by atoms with Crippen molar-refractivity contribution in [2.24, 2.45) is 5.41 Å². The van der Waals surface area contributed by atoms with Crippen LogP contribution in [-0.2, 0) is 16.0 Å². The monoisotopic (exact) mass is 373 g/mol. The van der Waals surface area contributed by atoms with E-state index in [0.717, 1.165) is 18.8 Å². The van der Waals surface area contributed by atoms with Gasteiger partial charge in [-0.25, -0.2) is 4.79 Å².